The van der Waals surface area contributed by atoms with Gasteiger partial charge in [0.05, 0.1) is 0 Å². The summed E-state index contributed by atoms with van der Waals surface area (Å²) in [6.07, 6.45) is 6.61. The fourth-order valence-electron chi connectivity index (χ4n) is 1.88. The van der Waals surface area contributed by atoms with Crippen molar-refractivity contribution in [1.29, 1.82) is 0 Å². The van der Waals surface area contributed by atoms with Crippen LogP contribution in [0.15, 0.2) is 23.8 Å². The molecule has 1 aliphatic carbocycles. The quantitative estimate of drug-likeness (QED) is 0.469. The van der Waals surface area contributed by atoms with Crippen LogP contribution in [0.4, 0.5) is 0 Å². The lowest BCUT2D eigenvalue weighted by atomic mass is 9.75. The smallest absolute Gasteiger partial charge is 0.159 e. The second-order valence-electron chi connectivity index (χ2n) is 4.30. The Bertz CT molecular complexity index is 269. The first-order chi connectivity index (χ1) is 6.00. The first kappa shape index (κ1) is 10.2. The van der Waals surface area contributed by atoms with Crippen LogP contribution < -0.4 is 0 Å². The van der Waals surface area contributed by atoms with E-state index in [1.165, 1.54) is 5.57 Å². The first-order valence-corrected chi connectivity index (χ1v) is 4.84. The zero-order chi connectivity index (χ0) is 10.1. The van der Waals surface area contributed by atoms with Crippen LogP contribution >= 0.6 is 0 Å². The minimum atomic E-state index is 0.0522. The molecule has 0 heterocycles. The topological polar surface area (TPSA) is 17.1 Å². The zero-order valence-electron chi connectivity index (χ0n) is 8.92. The fraction of sp³-hybridized carbons (Fsp3) is 0.583. The standard InChI is InChI=1S/C12H18O/c1-5-6-11(13)10-8-7-9(2)12(10,3)4/h5-7,10H,8H2,1-4H3. The lowest BCUT2D eigenvalue weighted by Gasteiger charge is -2.27. The van der Waals surface area contributed by atoms with Crippen molar-refractivity contribution in [3.05, 3.63) is 23.8 Å². The molecule has 0 aromatic rings. The van der Waals surface area contributed by atoms with E-state index in [1.54, 1.807) is 6.08 Å². The number of carbonyl (C=O) groups is 1. The highest BCUT2D eigenvalue weighted by molar-refractivity contribution is 5.93. The summed E-state index contributed by atoms with van der Waals surface area (Å²) >= 11 is 0. The van der Waals surface area contributed by atoms with Crippen LogP contribution in [0.25, 0.3) is 0 Å². The molecule has 0 spiro atoms. The number of hydrogen-bond donors (Lipinski definition) is 0. The van der Waals surface area contributed by atoms with E-state index in [2.05, 4.69) is 26.8 Å². The van der Waals surface area contributed by atoms with Gasteiger partial charge in [0, 0.05) is 5.92 Å². The van der Waals surface area contributed by atoms with Gasteiger partial charge in [0.25, 0.3) is 0 Å². The van der Waals surface area contributed by atoms with Crippen molar-refractivity contribution in [1.82, 2.24) is 0 Å². The van der Waals surface area contributed by atoms with E-state index >= 15 is 0 Å². The van der Waals surface area contributed by atoms with Crippen molar-refractivity contribution in [2.75, 3.05) is 0 Å². The summed E-state index contributed by atoms with van der Waals surface area (Å²) in [6, 6.07) is 0. The Balaban J connectivity index is 2.82. The molecule has 72 valence electrons. The molecule has 0 fully saturated rings. The van der Waals surface area contributed by atoms with Gasteiger partial charge < -0.3 is 0 Å². The molecular formula is C12H18O. The molecular weight excluding hydrogens is 160 g/mol. The molecule has 1 rings (SSSR count). The van der Waals surface area contributed by atoms with E-state index < -0.39 is 0 Å². The summed E-state index contributed by atoms with van der Waals surface area (Å²) in [7, 11) is 0. The second-order valence-corrected chi connectivity index (χ2v) is 4.30. The van der Waals surface area contributed by atoms with Crippen molar-refractivity contribution < 1.29 is 4.79 Å². The molecule has 1 aliphatic rings. The molecule has 0 saturated heterocycles. The third-order valence-electron chi connectivity index (χ3n) is 3.22. The predicted octanol–water partition coefficient (Wildman–Crippen LogP) is 3.12. The Morgan fingerprint density at radius 1 is 1.62 bits per heavy atom. The normalized spacial score (nSPS) is 26.5. The molecule has 1 nitrogen and oxygen atoms in total. The second kappa shape index (κ2) is 3.49. The molecule has 1 unspecified atom stereocenters. The van der Waals surface area contributed by atoms with Gasteiger partial charge in [-0.25, -0.2) is 0 Å². The highest BCUT2D eigenvalue weighted by atomic mass is 16.1. The first-order valence-electron chi connectivity index (χ1n) is 4.84. The summed E-state index contributed by atoms with van der Waals surface area (Å²) < 4.78 is 0. The van der Waals surface area contributed by atoms with Crippen LogP contribution in [0.3, 0.4) is 0 Å². The van der Waals surface area contributed by atoms with Crippen molar-refractivity contribution >= 4 is 5.78 Å². The van der Waals surface area contributed by atoms with E-state index in [1.807, 2.05) is 13.0 Å². The Morgan fingerprint density at radius 2 is 2.23 bits per heavy atom. The Morgan fingerprint density at radius 3 is 2.62 bits per heavy atom. The molecule has 0 saturated carbocycles. The fourth-order valence-corrected chi connectivity index (χ4v) is 1.88. The average Bonchev–Trinajstić information content (AvgIpc) is 2.28. The maximum atomic E-state index is 11.7. The molecule has 0 aromatic carbocycles. The summed E-state index contributed by atoms with van der Waals surface area (Å²) in [4.78, 5) is 11.7. The van der Waals surface area contributed by atoms with Gasteiger partial charge in [-0.1, -0.05) is 31.6 Å². The third kappa shape index (κ3) is 1.74. The largest absolute Gasteiger partial charge is 0.295 e. The van der Waals surface area contributed by atoms with Gasteiger partial charge >= 0.3 is 0 Å². The van der Waals surface area contributed by atoms with Gasteiger partial charge in [0.15, 0.2) is 5.78 Å². The summed E-state index contributed by atoms with van der Waals surface area (Å²) in [5.74, 6) is 0.421. The van der Waals surface area contributed by atoms with Crippen LogP contribution in [-0.2, 0) is 4.79 Å². The van der Waals surface area contributed by atoms with E-state index in [0.29, 0.717) is 0 Å². The van der Waals surface area contributed by atoms with Crippen LogP contribution in [0.2, 0.25) is 0 Å². The van der Waals surface area contributed by atoms with Crippen molar-refractivity contribution in [2.45, 2.75) is 34.1 Å². The molecule has 0 bridgehead atoms. The maximum Gasteiger partial charge on any atom is 0.159 e. The molecule has 0 amide bonds. The molecule has 0 aromatic heterocycles. The SMILES string of the molecule is CC=CC(=O)C1CC=C(C)C1(C)C. The van der Waals surface area contributed by atoms with Gasteiger partial charge in [-0.05, 0) is 31.8 Å². The Labute approximate surface area is 80.5 Å². The van der Waals surface area contributed by atoms with Crippen LogP contribution in [0, 0.1) is 11.3 Å². The van der Waals surface area contributed by atoms with Gasteiger partial charge in [-0.2, -0.15) is 0 Å². The maximum absolute atomic E-state index is 11.7. The van der Waals surface area contributed by atoms with Crippen LogP contribution in [0.5, 0.6) is 0 Å². The van der Waals surface area contributed by atoms with Crippen molar-refractivity contribution in [3.63, 3.8) is 0 Å². The minimum absolute atomic E-state index is 0.0522. The number of allylic oxidation sites excluding steroid dienone is 4. The average molecular weight is 178 g/mol. The molecule has 0 aliphatic heterocycles. The number of rotatable bonds is 2. The van der Waals surface area contributed by atoms with Gasteiger partial charge in [0.1, 0.15) is 0 Å². The highest BCUT2D eigenvalue weighted by Crippen LogP contribution is 2.43. The number of hydrogen-bond acceptors (Lipinski definition) is 1. The lowest BCUT2D eigenvalue weighted by Crippen LogP contribution is -2.26. The van der Waals surface area contributed by atoms with Gasteiger partial charge in [0.2, 0.25) is 0 Å². The van der Waals surface area contributed by atoms with E-state index in [4.69, 9.17) is 0 Å². The Hall–Kier alpha value is -0.850. The minimum Gasteiger partial charge on any atom is -0.295 e. The predicted molar refractivity (Wildman–Crippen MR) is 55.5 cm³/mol. The van der Waals surface area contributed by atoms with E-state index in [0.717, 1.165) is 6.42 Å². The number of ketones is 1. The molecule has 0 radical (unpaired) electrons. The zero-order valence-corrected chi connectivity index (χ0v) is 8.92. The van der Waals surface area contributed by atoms with E-state index in [9.17, 15) is 4.79 Å². The summed E-state index contributed by atoms with van der Waals surface area (Å²) in [6.45, 7) is 8.30. The van der Waals surface area contributed by atoms with E-state index in [-0.39, 0.29) is 17.1 Å². The van der Waals surface area contributed by atoms with Crippen LogP contribution in [-0.4, -0.2) is 5.78 Å². The molecule has 0 N–H and O–H groups in total. The summed E-state index contributed by atoms with van der Waals surface area (Å²) in [5.41, 5.74) is 1.40. The van der Waals surface area contributed by atoms with Gasteiger partial charge in [-0.15, -0.1) is 0 Å². The molecule has 13 heavy (non-hydrogen) atoms. The Kier molecular flexibility index (Phi) is 2.74. The summed E-state index contributed by atoms with van der Waals surface area (Å²) in [5, 5.41) is 0. The lowest BCUT2D eigenvalue weighted by molar-refractivity contribution is -0.120. The van der Waals surface area contributed by atoms with Crippen molar-refractivity contribution in [2.24, 2.45) is 11.3 Å². The molecule has 1 heteroatoms. The highest BCUT2D eigenvalue weighted by Gasteiger charge is 2.38. The monoisotopic (exact) mass is 178 g/mol. The third-order valence-corrected chi connectivity index (χ3v) is 3.22. The van der Waals surface area contributed by atoms with Gasteiger partial charge in [-0.3, -0.25) is 4.79 Å². The molecule has 1 atom stereocenters. The van der Waals surface area contributed by atoms with Crippen LogP contribution in [0.1, 0.15) is 34.1 Å². The number of carbonyl (C=O) groups excluding carboxylic acids is 1. The van der Waals surface area contributed by atoms with Crippen molar-refractivity contribution in [3.8, 4) is 0 Å².